The van der Waals surface area contributed by atoms with E-state index in [-0.39, 0.29) is 5.91 Å². The second-order valence-corrected chi connectivity index (χ2v) is 4.74. The molecule has 0 fully saturated rings. The number of hydrogen-bond donors (Lipinski definition) is 0. The molecular formula is C15H14N4O. The van der Waals surface area contributed by atoms with Gasteiger partial charge < -0.3 is 4.90 Å². The van der Waals surface area contributed by atoms with Crippen LogP contribution in [0.4, 0.5) is 5.69 Å². The van der Waals surface area contributed by atoms with E-state index in [0.29, 0.717) is 16.6 Å². The third-order valence-corrected chi connectivity index (χ3v) is 3.15. The Labute approximate surface area is 116 Å². The first kappa shape index (κ1) is 12.3. The van der Waals surface area contributed by atoms with Crippen LogP contribution in [0, 0.1) is 0 Å². The highest BCUT2D eigenvalue weighted by atomic mass is 16.2. The van der Waals surface area contributed by atoms with E-state index >= 15 is 0 Å². The Kier molecular flexibility index (Phi) is 2.95. The van der Waals surface area contributed by atoms with Crippen molar-refractivity contribution in [2.75, 3.05) is 19.0 Å². The number of carbonyl (C=O) groups is 1. The van der Waals surface area contributed by atoms with Crippen molar-refractivity contribution in [1.29, 1.82) is 0 Å². The van der Waals surface area contributed by atoms with Crippen molar-refractivity contribution in [3.8, 4) is 0 Å². The van der Waals surface area contributed by atoms with Crippen LogP contribution >= 0.6 is 0 Å². The smallest absolute Gasteiger partial charge is 0.280 e. The molecule has 0 spiro atoms. The first-order valence-corrected chi connectivity index (χ1v) is 6.29. The maximum Gasteiger partial charge on any atom is 0.280 e. The second-order valence-electron chi connectivity index (χ2n) is 4.74. The van der Waals surface area contributed by atoms with Crippen LogP contribution in [0.3, 0.4) is 0 Å². The molecule has 20 heavy (non-hydrogen) atoms. The number of rotatable bonds is 2. The molecule has 0 unspecified atom stereocenters. The molecule has 0 aliphatic carbocycles. The summed E-state index contributed by atoms with van der Waals surface area (Å²) in [4.78, 5) is 14.5. The Balaban J connectivity index is 2.06. The fourth-order valence-electron chi connectivity index (χ4n) is 2.06. The number of nitrogens with zero attached hydrogens (tertiary/aromatic N) is 4. The fraction of sp³-hybridized carbons (Fsp3) is 0.133. The molecule has 0 amide bonds. The summed E-state index contributed by atoms with van der Waals surface area (Å²) in [5.74, 6) is -0.178. The van der Waals surface area contributed by atoms with Gasteiger partial charge in [0.2, 0.25) is 0 Å². The van der Waals surface area contributed by atoms with E-state index in [2.05, 4.69) is 10.3 Å². The molecular weight excluding hydrogens is 252 g/mol. The molecule has 0 saturated carbocycles. The van der Waals surface area contributed by atoms with Gasteiger partial charge in [-0.1, -0.05) is 23.4 Å². The van der Waals surface area contributed by atoms with Gasteiger partial charge in [-0.2, -0.15) is 4.68 Å². The van der Waals surface area contributed by atoms with Crippen LogP contribution in [0.25, 0.3) is 11.0 Å². The van der Waals surface area contributed by atoms with Crippen LogP contribution in [0.5, 0.6) is 0 Å². The average molecular weight is 266 g/mol. The van der Waals surface area contributed by atoms with Crippen LogP contribution in [-0.4, -0.2) is 35.0 Å². The van der Waals surface area contributed by atoms with Crippen molar-refractivity contribution in [3.63, 3.8) is 0 Å². The minimum absolute atomic E-state index is 0.178. The lowest BCUT2D eigenvalue weighted by Gasteiger charge is -2.13. The van der Waals surface area contributed by atoms with Gasteiger partial charge in [0.15, 0.2) is 0 Å². The normalized spacial score (nSPS) is 10.7. The highest BCUT2D eigenvalue weighted by Crippen LogP contribution is 2.16. The summed E-state index contributed by atoms with van der Waals surface area (Å²) in [6.07, 6.45) is 0. The van der Waals surface area contributed by atoms with Crippen LogP contribution in [0.2, 0.25) is 0 Å². The topological polar surface area (TPSA) is 51.0 Å². The molecule has 5 heteroatoms. The molecule has 1 aromatic heterocycles. The molecule has 0 N–H and O–H groups in total. The lowest BCUT2D eigenvalue weighted by molar-refractivity contribution is 0.0948. The third-order valence-electron chi connectivity index (χ3n) is 3.15. The maximum atomic E-state index is 12.5. The maximum absolute atomic E-state index is 12.5. The lowest BCUT2D eigenvalue weighted by Crippen LogP contribution is -2.15. The van der Waals surface area contributed by atoms with Crippen LogP contribution in [-0.2, 0) is 0 Å². The van der Waals surface area contributed by atoms with E-state index in [4.69, 9.17) is 0 Å². The second kappa shape index (κ2) is 4.77. The van der Waals surface area contributed by atoms with Crippen molar-refractivity contribution >= 4 is 22.6 Å². The molecule has 3 aromatic rings. The Bertz CT molecular complexity index is 776. The molecule has 0 saturated heterocycles. The van der Waals surface area contributed by atoms with Gasteiger partial charge in [0.1, 0.15) is 5.52 Å². The molecule has 0 aliphatic rings. The highest BCUT2D eigenvalue weighted by Gasteiger charge is 2.14. The Morgan fingerprint density at radius 3 is 2.70 bits per heavy atom. The minimum Gasteiger partial charge on any atom is -0.378 e. The first-order valence-electron chi connectivity index (χ1n) is 6.29. The molecule has 3 rings (SSSR count). The molecule has 100 valence electrons. The number of anilines is 1. The van der Waals surface area contributed by atoms with E-state index in [9.17, 15) is 4.79 Å². The number of fused-ring (bicyclic) bond motifs is 1. The van der Waals surface area contributed by atoms with Crippen LogP contribution in [0.1, 0.15) is 10.4 Å². The third kappa shape index (κ3) is 2.03. The summed E-state index contributed by atoms with van der Waals surface area (Å²) in [5, 5.41) is 7.95. The molecule has 0 atom stereocenters. The number of aromatic nitrogens is 3. The van der Waals surface area contributed by atoms with Gasteiger partial charge in [-0.05, 0) is 30.3 Å². The molecule has 5 nitrogen and oxygen atoms in total. The van der Waals surface area contributed by atoms with Crippen LogP contribution < -0.4 is 4.90 Å². The van der Waals surface area contributed by atoms with Crippen LogP contribution in [0.15, 0.2) is 48.5 Å². The molecule has 0 radical (unpaired) electrons. The minimum atomic E-state index is -0.178. The Morgan fingerprint density at radius 2 is 1.90 bits per heavy atom. The zero-order chi connectivity index (χ0) is 14.1. The van der Waals surface area contributed by atoms with Gasteiger partial charge in [-0.25, -0.2) is 0 Å². The van der Waals surface area contributed by atoms with E-state index < -0.39 is 0 Å². The summed E-state index contributed by atoms with van der Waals surface area (Å²) < 4.78 is 1.34. The zero-order valence-corrected chi connectivity index (χ0v) is 11.3. The van der Waals surface area contributed by atoms with E-state index in [1.807, 2.05) is 61.5 Å². The Morgan fingerprint density at radius 1 is 1.10 bits per heavy atom. The molecule has 0 aliphatic heterocycles. The van der Waals surface area contributed by atoms with E-state index in [1.54, 1.807) is 6.07 Å². The summed E-state index contributed by atoms with van der Waals surface area (Å²) in [6.45, 7) is 0. The summed E-state index contributed by atoms with van der Waals surface area (Å²) in [6, 6.07) is 14.9. The molecule has 2 aromatic carbocycles. The molecule has 1 heterocycles. The van der Waals surface area contributed by atoms with Gasteiger partial charge in [-0.15, -0.1) is 5.10 Å². The number of para-hydroxylation sites is 1. The Hall–Kier alpha value is -2.69. The van der Waals surface area contributed by atoms with Crippen molar-refractivity contribution in [2.24, 2.45) is 0 Å². The highest BCUT2D eigenvalue weighted by molar-refractivity contribution is 6.00. The SMILES string of the molecule is CN(C)c1cccc(C(=O)n2nnc3ccccc32)c1. The largest absolute Gasteiger partial charge is 0.378 e. The van der Waals surface area contributed by atoms with Gasteiger partial charge in [-0.3, -0.25) is 4.79 Å². The standard InChI is InChI=1S/C15H14N4O/c1-18(2)12-7-5-6-11(10-12)15(20)19-14-9-4-3-8-13(14)16-17-19/h3-10H,1-2H3. The zero-order valence-electron chi connectivity index (χ0n) is 11.3. The van der Waals surface area contributed by atoms with Gasteiger partial charge in [0.25, 0.3) is 5.91 Å². The summed E-state index contributed by atoms with van der Waals surface area (Å²) >= 11 is 0. The fourth-order valence-corrected chi connectivity index (χ4v) is 2.06. The number of carbonyl (C=O) groups excluding carboxylic acids is 1. The number of benzene rings is 2. The van der Waals surface area contributed by atoms with E-state index in [0.717, 1.165) is 5.69 Å². The van der Waals surface area contributed by atoms with Crippen molar-refractivity contribution in [2.45, 2.75) is 0 Å². The van der Waals surface area contributed by atoms with Gasteiger partial charge in [0.05, 0.1) is 5.52 Å². The molecule has 0 bridgehead atoms. The van der Waals surface area contributed by atoms with E-state index in [1.165, 1.54) is 4.68 Å². The van der Waals surface area contributed by atoms with Gasteiger partial charge >= 0.3 is 0 Å². The monoisotopic (exact) mass is 266 g/mol. The van der Waals surface area contributed by atoms with Crippen molar-refractivity contribution in [1.82, 2.24) is 15.0 Å². The lowest BCUT2D eigenvalue weighted by atomic mass is 10.2. The van der Waals surface area contributed by atoms with Crippen molar-refractivity contribution in [3.05, 3.63) is 54.1 Å². The average Bonchev–Trinajstić information content (AvgIpc) is 2.90. The summed E-state index contributed by atoms with van der Waals surface area (Å²) in [5.41, 5.74) is 2.99. The van der Waals surface area contributed by atoms with Gasteiger partial charge in [0, 0.05) is 25.3 Å². The number of hydrogen-bond acceptors (Lipinski definition) is 4. The predicted molar refractivity (Wildman–Crippen MR) is 78.0 cm³/mol. The quantitative estimate of drug-likeness (QED) is 0.713. The van der Waals surface area contributed by atoms with Crippen molar-refractivity contribution < 1.29 is 4.79 Å². The predicted octanol–water partition coefficient (Wildman–Crippen LogP) is 2.19. The summed E-state index contributed by atoms with van der Waals surface area (Å²) in [7, 11) is 3.88. The first-order chi connectivity index (χ1) is 9.66.